The molecule has 1 atom stereocenters. The van der Waals surface area contributed by atoms with Gasteiger partial charge in [0.2, 0.25) is 0 Å². The minimum absolute atomic E-state index is 0.348. The third-order valence-corrected chi connectivity index (χ3v) is 3.08. The first-order valence-corrected chi connectivity index (χ1v) is 6.32. The highest BCUT2D eigenvalue weighted by Crippen LogP contribution is 2.47. The Morgan fingerprint density at radius 3 is 2.75 bits per heavy atom. The molecule has 0 aromatic heterocycles. The Morgan fingerprint density at radius 2 is 2.19 bits per heavy atom. The number of benzene rings is 1. The summed E-state index contributed by atoms with van der Waals surface area (Å²) in [6, 6.07) is 6.40. The lowest BCUT2D eigenvalue weighted by Gasteiger charge is -2.17. The summed E-state index contributed by atoms with van der Waals surface area (Å²) in [5.41, 5.74) is 2.80. The molecule has 16 heavy (non-hydrogen) atoms. The van der Waals surface area contributed by atoms with Gasteiger partial charge in [-0.25, -0.2) is 0 Å². The molecule has 0 heterocycles. The van der Waals surface area contributed by atoms with Crippen LogP contribution in [0, 0.1) is 6.92 Å². The first-order valence-electron chi connectivity index (χ1n) is 6.32. The van der Waals surface area contributed by atoms with Crippen molar-refractivity contribution >= 4 is 0 Å². The minimum atomic E-state index is 0.348. The van der Waals surface area contributed by atoms with E-state index in [1.807, 2.05) is 0 Å². The van der Waals surface area contributed by atoms with E-state index in [2.05, 4.69) is 39.0 Å². The van der Waals surface area contributed by atoms with Crippen LogP contribution >= 0.6 is 0 Å². The van der Waals surface area contributed by atoms with Gasteiger partial charge >= 0.3 is 0 Å². The van der Waals surface area contributed by atoms with Gasteiger partial charge in [0.15, 0.2) is 0 Å². The summed E-state index contributed by atoms with van der Waals surface area (Å²) in [5, 5.41) is 0. The minimum Gasteiger partial charge on any atom is -0.493 e. The zero-order valence-electron chi connectivity index (χ0n) is 10.3. The summed E-state index contributed by atoms with van der Waals surface area (Å²) >= 11 is 0. The van der Waals surface area contributed by atoms with E-state index in [0.717, 1.165) is 24.7 Å². The largest absolute Gasteiger partial charge is 0.493 e. The monoisotopic (exact) mass is 217 g/mol. The first-order chi connectivity index (χ1) is 7.74. The van der Waals surface area contributed by atoms with Crippen LogP contribution in [-0.4, -0.2) is 6.61 Å². The molecule has 1 nitrogen and oxygen atoms in total. The van der Waals surface area contributed by atoms with Crippen molar-refractivity contribution < 1.29 is 4.74 Å². The van der Waals surface area contributed by atoms with Crippen molar-refractivity contribution in [3.05, 3.63) is 36.2 Å². The zero-order valence-corrected chi connectivity index (χ0v) is 10.3. The molecule has 1 aliphatic carbocycles. The van der Waals surface area contributed by atoms with Crippen LogP contribution in [0.15, 0.2) is 18.2 Å². The highest BCUT2D eigenvalue weighted by molar-refractivity contribution is 5.46. The summed E-state index contributed by atoms with van der Waals surface area (Å²) in [4.78, 5) is 0. The highest BCUT2D eigenvalue weighted by atomic mass is 16.5. The molecule has 1 heteroatoms. The van der Waals surface area contributed by atoms with Crippen LogP contribution in [-0.2, 0) is 0 Å². The quantitative estimate of drug-likeness (QED) is 0.715. The van der Waals surface area contributed by atoms with Crippen LogP contribution in [0.2, 0.25) is 0 Å². The molecule has 1 aromatic carbocycles. The molecule has 0 amide bonds. The third-order valence-electron chi connectivity index (χ3n) is 3.08. The van der Waals surface area contributed by atoms with E-state index in [-0.39, 0.29) is 0 Å². The Bertz CT molecular complexity index is 350. The summed E-state index contributed by atoms with van der Waals surface area (Å²) in [6.07, 6.45) is 3.69. The van der Waals surface area contributed by atoms with Crippen molar-refractivity contribution in [1.29, 1.82) is 0 Å². The lowest BCUT2D eigenvalue weighted by molar-refractivity contribution is 0.313. The predicted molar refractivity (Wildman–Crippen MR) is 68.0 cm³/mol. The van der Waals surface area contributed by atoms with Crippen LogP contribution < -0.4 is 4.74 Å². The van der Waals surface area contributed by atoms with Gasteiger partial charge in [0, 0.05) is 5.56 Å². The highest BCUT2D eigenvalue weighted by Gasteiger charge is 2.29. The average Bonchev–Trinajstić information content (AvgIpc) is 3.09. The third kappa shape index (κ3) is 2.40. The Hall–Kier alpha value is -0.980. The smallest absolute Gasteiger partial charge is 0.123 e. The van der Waals surface area contributed by atoms with Crippen LogP contribution in [0.1, 0.15) is 56.1 Å². The van der Waals surface area contributed by atoms with Crippen molar-refractivity contribution in [2.45, 2.75) is 44.9 Å². The maximum atomic E-state index is 5.85. The van der Waals surface area contributed by atoms with Crippen molar-refractivity contribution in [1.82, 2.24) is 0 Å². The Kier molecular flexibility index (Phi) is 3.52. The van der Waals surface area contributed by atoms with E-state index in [9.17, 15) is 0 Å². The molecule has 1 aliphatic rings. The fraction of sp³-hybridized carbons (Fsp3) is 0.533. The first kappa shape index (κ1) is 11.5. The second-order valence-corrected chi connectivity index (χ2v) is 4.78. The number of hydrogen-bond acceptors (Lipinski definition) is 1. The SMILES string of the molecule is [CH2]C(C)c1cccc(OCCC)c1C1CC1. The van der Waals surface area contributed by atoms with Gasteiger partial charge in [-0.3, -0.25) is 0 Å². The van der Waals surface area contributed by atoms with E-state index in [4.69, 9.17) is 4.74 Å². The number of ether oxygens (including phenoxy) is 1. The van der Waals surface area contributed by atoms with Crippen LogP contribution in [0.4, 0.5) is 0 Å². The van der Waals surface area contributed by atoms with E-state index >= 15 is 0 Å². The predicted octanol–water partition coefficient (Wildman–Crippen LogP) is 4.29. The van der Waals surface area contributed by atoms with Crippen molar-refractivity contribution in [3.8, 4) is 5.75 Å². The molecule has 1 fully saturated rings. The molecular weight excluding hydrogens is 196 g/mol. The fourth-order valence-corrected chi connectivity index (χ4v) is 2.14. The van der Waals surface area contributed by atoms with E-state index in [1.165, 1.54) is 24.0 Å². The molecule has 0 N–H and O–H groups in total. The van der Waals surface area contributed by atoms with Gasteiger partial charge in [-0.15, -0.1) is 0 Å². The van der Waals surface area contributed by atoms with Crippen LogP contribution in [0.3, 0.4) is 0 Å². The molecule has 2 rings (SSSR count). The second kappa shape index (κ2) is 4.90. The van der Waals surface area contributed by atoms with Gasteiger partial charge in [-0.2, -0.15) is 0 Å². The summed E-state index contributed by atoms with van der Waals surface area (Å²) in [7, 11) is 0. The summed E-state index contributed by atoms with van der Waals surface area (Å²) < 4.78 is 5.85. The second-order valence-electron chi connectivity index (χ2n) is 4.78. The maximum absolute atomic E-state index is 5.85. The van der Waals surface area contributed by atoms with Gasteiger partial charge in [0.1, 0.15) is 5.75 Å². The average molecular weight is 217 g/mol. The summed E-state index contributed by atoms with van der Waals surface area (Å²) in [5.74, 6) is 2.17. The molecule has 1 unspecified atom stereocenters. The lowest BCUT2D eigenvalue weighted by atomic mass is 9.93. The van der Waals surface area contributed by atoms with Gasteiger partial charge in [0.05, 0.1) is 6.61 Å². The van der Waals surface area contributed by atoms with Crippen LogP contribution in [0.25, 0.3) is 0 Å². The zero-order chi connectivity index (χ0) is 11.5. The number of hydrogen-bond donors (Lipinski definition) is 0. The topological polar surface area (TPSA) is 9.23 Å². The summed E-state index contributed by atoms with van der Waals surface area (Å²) in [6.45, 7) is 9.26. The van der Waals surface area contributed by atoms with Crippen LogP contribution in [0.5, 0.6) is 5.75 Å². The maximum Gasteiger partial charge on any atom is 0.123 e. The molecular formula is C15H21O. The molecule has 1 aromatic rings. The molecule has 1 radical (unpaired) electrons. The molecule has 0 bridgehead atoms. The molecule has 0 saturated heterocycles. The van der Waals surface area contributed by atoms with Gasteiger partial charge in [0.25, 0.3) is 0 Å². The fourth-order valence-electron chi connectivity index (χ4n) is 2.14. The van der Waals surface area contributed by atoms with Crippen molar-refractivity contribution in [2.24, 2.45) is 0 Å². The Labute approximate surface area is 98.8 Å². The lowest BCUT2D eigenvalue weighted by Crippen LogP contribution is -2.02. The molecule has 0 spiro atoms. The normalized spacial score (nSPS) is 15.5. The van der Waals surface area contributed by atoms with E-state index in [1.54, 1.807) is 0 Å². The standard InChI is InChI=1S/C15H21O/c1-4-10-16-14-7-5-6-13(11(2)3)15(14)12-8-9-12/h5-7,11-12H,2,4,8-10H2,1,3H3. The van der Waals surface area contributed by atoms with Gasteiger partial charge in [-0.1, -0.05) is 26.0 Å². The molecule has 87 valence electrons. The molecule has 1 saturated carbocycles. The van der Waals surface area contributed by atoms with Gasteiger partial charge in [-0.05, 0) is 49.7 Å². The Morgan fingerprint density at radius 1 is 1.44 bits per heavy atom. The van der Waals surface area contributed by atoms with Crippen molar-refractivity contribution in [3.63, 3.8) is 0 Å². The van der Waals surface area contributed by atoms with Crippen molar-refractivity contribution in [2.75, 3.05) is 6.61 Å². The molecule has 0 aliphatic heterocycles. The Balaban J connectivity index is 2.31. The van der Waals surface area contributed by atoms with E-state index < -0.39 is 0 Å². The van der Waals surface area contributed by atoms with E-state index in [0.29, 0.717) is 5.92 Å². The number of rotatable bonds is 5. The van der Waals surface area contributed by atoms with Gasteiger partial charge < -0.3 is 4.74 Å².